The molecule has 0 N–H and O–H groups in total. The third kappa shape index (κ3) is 3.24. The van der Waals surface area contributed by atoms with Crippen molar-refractivity contribution in [3.8, 4) is 0 Å². The van der Waals surface area contributed by atoms with Crippen LogP contribution in [0.2, 0.25) is 0 Å². The van der Waals surface area contributed by atoms with Gasteiger partial charge < -0.3 is 9.64 Å². The molecule has 1 aliphatic carbocycles. The molecule has 0 radical (unpaired) electrons. The molecule has 1 unspecified atom stereocenters. The second-order valence-electron chi connectivity index (χ2n) is 7.04. The number of nitrogens with zero attached hydrogens (tertiary/aromatic N) is 4. The van der Waals surface area contributed by atoms with Gasteiger partial charge in [-0.05, 0) is 43.4 Å². The number of carbonyl (C=O) groups is 2. The molecule has 0 fully saturated rings. The average molecular weight is 378 g/mol. The van der Waals surface area contributed by atoms with Gasteiger partial charge in [-0.25, -0.2) is 14.3 Å². The van der Waals surface area contributed by atoms with Gasteiger partial charge in [0.15, 0.2) is 12.3 Å². The van der Waals surface area contributed by atoms with E-state index in [1.807, 2.05) is 12.1 Å². The van der Waals surface area contributed by atoms with E-state index in [0.717, 1.165) is 19.3 Å². The number of aromatic nitrogens is 3. The van der Waals surface area contributed by atoms with Gasteiger partial charge in [-0.3, -0.25) is 4.79 Å². The highest BCUT2D eigenvalue weighted by Crippen LogP contribution is 2.33. The van der Waals surface area contributed by atoms with Crippen LogP contribution in [0.25, 0.3) is 5.65 Å². The summed E-state index contributed by atoms with van der Waals surface area (Å²) in [5.74, 6) is -0.811. The minimum atomic E-state index is -0.586. The number of carbonyl (C=O) groups excluding carboxylic acids is 2. The molecule has 0 spiro atoms. The fourth-order valence-electron chi connectivity index (χ4n) is 3.84. The Morgan fingerprint density at radius 3 is 2.96 bits per heavy atom. The molecule has 2 aromatic heterocycles. The summed E-state index contributed by atoms with van der Waals surface area (Å²) >= 11 is 0. The zero-order valence-electron chi connectivity index (χ0n) is 16.0. The molecule has 28 heavy (non-hydrogen) atoms. The van der Waals surface area contributed by atoms with Gasteiger partial charge in [-0.2, -0.15) is 5.10 Å². The van der Waals surface area contributed by atoms with Crippen molar-refractivity contribution >= 4 is 17.5 Å². The van der Waals surface area contributed by atoms with E-state index in [-0.39, 0.29) is 18.6 Å². The van der Waals surface area contributed by atoms with Crippen LogP contribution in [0.15, 0.2) is 42.7 Å². The lowest BCUT2D eigenvalue weighted by Gasteiger charge is -2.33. The Labute approximate surface area is 162 Å². The van der Waals surface area contributed by atoms with E-state index < -0.39 is 5.97 Å². The zero-order valence-corrected chi connectivity index (χ0v) is 16.0. The summed E-state index contributed by atoms with van der Waals surface area (Å²) in [6.45, 7) is 1.41. The van der Waals surface area contributed by atoms with E-state index >= 15 is 0 Å². The Hall–Kier alpha value is -3.22. The van der Waals surface area contributed by atoms with E-state index in [1.165, 1.54) is 15.6 Å². The Morgan fingerprint density at radius 2 is 2.11 bits per heavy atom. The number of esters is 1. The van der Waals surface area contributed by atoms with Crippen molar-refractivity contribution in [1.29, 1.82) is 0 Å². The molecule has 1 aromatic carbocycles. The molecule has 4 rings (SSSR count). The number of hydrogen-bond donors (Lipinski definition) is 0. The molecular weight excluding hydrogens is 356 g/mol. The Morgan fingerprint density at radius 1 is 1.29 bits per heavy atom. The Bertz CT molecular complexity index is 1040. The first-order chi connectivity index (χ1) is 13.6. The summed E-state index contributed by atoms with van der Waals surface area (Å²) in [6, 6.07) is 9.95. The van der Waals surface area contributed by atoms with Crippen LogP contribution in [0.1, 0.15) is 46.1 Å². The largest absolute Gasteiger partial charge is 0.452 e. The summed E-state index contributed by atoms with van der Waals surface area (Å²) in [5, 5.41) is 4.25. The predicted octanol–water partition coefficient (Wildman–Crippen LogP) is 2.73. The summed E-state index contributed by atoms with van der Waals surface area (Å²) in [4.78, 5) is 31.1. The van der Waals surface area contributed by atoms with Gasteiger partial charge in [0.1, 0.15) is 5.56 Å². The standard InChI is InChI=1S/C21H22N4O3/c1-14-19(20-22-11-6-12-25(20)23-14)21(27)28-13-18(26)24(2)17-10-5-8-15-7-3-4-9-16(15)17/h3-4,6-7,9,11-12,17H,5,8,10,13H2,1-2H3. The van der Waals surface area contributed by atoms with Crippen LogP contribution < -0.4 is 0 Å². The molecule has 2 heterocycles. The van der Waals surface area contributed by atoms with Crippen LogP contribution in [0.5, 0.6) is 0 Å². The quantitative estimate of drug-likeness (QED) is 0.653. The van der Waals surface area contributed by atoms with E-state index in [9.17, 15) is 9.59 Å². The molecule has 7 heteroatoms. The molecule has 0 saturated carbocycles. The molecule has 3 aromatic rings. The first-order valence-electron chi connectivity index (χ1n) is 9.37. The van der Waals surface area contributed by atoms with Gasteiger partial charge >= 0.3 is 5.97 Å². The fraction of sp³-hybridized carbons (Fsp3) is 0.333. The Balaban J connectivity index is 1.46. The number of hydrogen-bond acceptors (Lipinski definition) is 5. The number of likely N-dealkylation sites (N-methyl/N-ethyl adjacent to an activating group) is 1. The minimum absolute atomic E-state index is 0.0107. The highest BCUT2D eigenvalue weighted by Gasteiger charge is 2.27. The molecule has 1 atom stereocenters. The maximum Gasteiger partial charge on any atom is 0.344 e. The van der Waals surface area contributed by atoms with Crippen molar-refractivity contribution in [3.05, 3.63) is 65.1 Å². The second-order valence-corrected chi connectivity index (χ2v) is 7.04. The van der Waals surface area contributed by atoms with Crippen LogP contribution in [0.3, 0.4) is 0 Å². The minimum Gasteiger partial charge on any atom is -0.452 e. The van der Waals surface area contributed by atoms with Crippen LogP contribution in [-0.2, 0) is 16.0 Å². The van der Waals surface area contributed by atoms with Crippen molar-refractivity contribution in [2.24, 2.45) is 0 Å². The lowest BCUT2D eigenvalue weighted by Crippen LogP contribution is -2.36. The summed E-state index contributed by atoms with van der Waals surface area (Å²) in [7, 11) is 1.77. The number of ether oxygens (including phenoxy) is 1. The third-order valence-electron chi connectivity index (χ3n) is 5.30. The molecule has 0 saturated heterocycles. The summed E-state index contributed by atoms with van der Waals surface area (Å²) < 4.78 is 6.84. The molecule has 0 aliphatic heterocycles. The molecule has 1 aliphatic rings. The maximum absolute atomic E-state index is 12.7. The van der Waals surface area contributed by atoms with Crippen LogP contribution in [-0.4, -0.2) is 45.0 Å². The monoisotopic (exact) mass is 378 g/mol. The van der Waals surface area contributed by atoms with Crippen molar-refractivity contribution < 1.29 is 14.3 Å². The van der Waals surface area contributed by atoms with E-state index in [2.05, 4.69) is 22.2 Å². The molecule has 0 bridgehead atoms. The van der Waals surface area contributed by atoms with Gasteiger partial charge in [0, 0.05) is 19.4 Å². The molecule has 7 nitrogen and oxygen atoms in total. The SMILES string of the molecule is Cc1nn2cccnc2c1C(=O)OCC(=O)N(C)C1CCCc2ccccc21. The first kappa shape index (κ1) is 18.2. The van der Waals surface area contributed by atoms with Crippen molar-refractivity contribution in [1.82, 2.24) is 19.5 Å². The summed E-state index contributed by atoms with van der Waals surface area (Å²) in [6.07, 6.45) is 6.28. The van der Waals surface area contributed by atoms with Crippen LogP contribution >= 0.6 is 0 Å². The van der Waals surface area contributed by atoms with Crippen LogP contribution in [0, 0.1) is 6.92 Å². The van der Waals surface area contributed by atoms with Crippen molar-refractivity contribution in [2.45, 2.75) is 32.2 Å². The molecular formula is C21H22N4O3. The Kier molecular flexibility index (Phi) is 4.81. The highest BCUT2D eigenvalue weighted by molar-refractivity contribution is 5.98. The maximum atomic E-state index is 12.7. The van der Waals surface area contributed by atoms with E-state index in [1.54, 1.807) is 37.3 Å². The van der Waals surface area contributed by atoms with Crippen molar-refractivity contribution in [3.63, 3.8) is 0 Å². The van der Waals surface area contributed by atoms with E-state index in [0.29, 0.717) is 16.9 Å². The van der Waals surface area contributed by atoms with Crippen LogP contribution in [0.4, 0.5) is 0 Å². The first-order valence-corrected chi connectivity index (χ1v) is 9.37. The lowest BCUT2D eigenvalue weighted by molar-refractivity contribution is -0.135. The van der Waals surface area contributed by atoms with Gasteiger partial charge in [0.05, 0.1) is 11.7 Å². The zero-order chi connectivity index (χ0) is 19.7. The van der Waals surface area contributed by atoms with Gasteiger partial charge in [-0.1, -0.05) is 24.3 Å². The summed E-state index contributed by atoms with van der Waals surface area (Å²) in [5.41, 5.74) is 3.69. The van der Waals surface area contributed by atoms with Gasteiger partial charge in [0.25, 0.3) is 5.91 Å². The predicted molar refractivity (Wildman–Crippen MR) is 103 cm³/mol. The average Bonchev–Trinajstić information content (AvgIpc) is 3.06. The number of fused-ring (bicyclic) bond motifs is 2. The molecule has 144 valence electrons. The topological polar surface area (TPSA) is 76.8 Å². The van der Waals surface area contributed by atoms with Gasteiger partial charge in [-0.15, -0.1) is 0 Å². The second kappa shape index (κ2) is 7.42. The van der Waals surface area contributed by atoms with E-state index in [4.69, 9.17) is 4.74 Å². The number of aryl methyl sites for hydroxylation is 2. The van der Waals surface area contributed by atoms with Crippen molar-refractivity contribution in [2.75, 3.05) is 13.7 Å². The smallest absolute Gasteiger partial charge is 0.344 e. The fourth-order valence-corrected chi connectivity index (χ4v) is 3.84. The molecule has 1 amide bonds. The normalized spacial score (nSPS) is 15.9. The number of rotatable bonds is 4. The lowest BCUT2D eigenvalue weighted by atomic mass is 9.87. The highest BCUT2D eigenvalue weighted by atomic mass is 16.5. The number of benzene rings is 1. The van der Waals surface area contributed by atoms with Gasteiger partial charge in [0.2, 0.25) is 0 Å². The third-order valence-corrected chi connectivity index (χ3v) is 5.30. The number of amides is 1.